The van der Waals surface area contributed by atoms with Gasteiger partial charge in [0.05, 0.1) is 26.1 Å². The number of aryl methyl sites for hydroxylation is 1. The average Bonchev–Trinajstić information content (AvgIpc) is 2.89. The molecule has 194 valence electrons. The topological polar surface area (TPSA) is 59.1 Å². The predicted octanol–water partition coefficient (Wildman–Crippen LogP) is 4.40. The second-order valence-corrected chi connectivity index (χ2v) is 9.74. The minimum atomic E-state index is -1.09. The number of unbranched alkanes of at least 4 members (excludes halogenated alkanes) is 1. The molecule has 2 aromatic rings. The Morgan fingerprint density at radius 2 is 1.86 bits per heavy atom. The van der Waals surface area contributed by atoms with Crippen molar-refractivity contribution in [2.24, 2.45) is 0 Å². The summed E-state index contributed by atoms with van der Waals surface area (Å²) in [5.41, 5.74) is 0.452. The lowest BCUT2D eigenvalue weighted by molar-refractivity contribution is -0.176. The van der Waals surface area contributed by atoms with Crippen LogP contribution in [0.3, 0.4) is 0 Å². The highest BCUT2D eigenvalue weighted by Gasteiger charge is 2.46. The number of carbonyl (C=O) groups is 2. The first-order valence-electron chi connectivity index (χ1n) is 13.2. The van der Waals surface area contributed by atoms with E-state index in [2.05, 4.69) is 13.0 Å². The summed E-state index contributed by atoms with van der Waals surface area (Å²) in [6.45, 7) is 4.46. The van der Waals surface area contributed by atoms with E-state index >= 15 is 0 Å². The molecule has 1 unspecified atom stereocenters. The fourth-order valence-corrected chi connectivity index (χ4v) is 5.10. The highest BCUT2D eigenvalue weighted by Crippen LogP contribution is 2.30. The van der Waals surface area contributed by atoms with Gasteiger partial charge in [-0.05, 0) is 55.4 Å². The fourth-order valence-electron chi connectivity index (χ4n) is 5.10. The number of hydrogen-bond acceptors (Lipinski definition) is 4. The molecule has 0 bridgehead atoms. The quantitative estimate of drug-likeness (QED) is 0.616. The molecule has 2 heterocycles. The fraction of sp³-hybridized carbons (Fsp3) is 0.517. The summed E-state index contributed by atoms with van der Waals surface area (Å²) >= 11 is 0. The second kappa shape index (κ2) is 12.3. The number of hydrogen-bond donors (Lipinski definition) is 0. The summed E-state index contributed by atoms with van der Waals surface area (Å²) < 4.78 is 26.5. The first-order valence-corrected chi connectivity index (χ1v) is 13.2. The van der Waals surface area contributed by atoms with E-state index in [9.17, 15) is 14.0 Å². The van der Waals surface area contributed by atoms with Crippen LogP contribution in [0.1, 0.15) is 50.2 Å². The molecule has 0 aliphatic carbocycles. The number of carbonyl (C=O) groups excluding carboxylic acids is 2. The lowest BCUT2D eigenvalue weighted by Crippen LogP contribution is -2.62. The summed E-state index contributed by atoms with van der Waals surface area (Å²) in [4.78, 5) is 30.7. The van der Waals surface area contributed by atoms with Crippen molar-refractivity contribution in [2.45, 2.75) is 57.5 Å². The molecule has 1 saturated heterocycles. The van der Waals surface area contributed by atoms with E-state index < -0.39 is 5.60 Å². The zero-order chi connectivity index (χ0) is 25.4. The van der Waals surface area contributed by atoms with Crippen LogP contribution in [0.4, 0.5) is 4.39 Å². The molecule has 2 aromatic carbocycles. The smallest absolute Gasteiger partial charge is 0.256 e. The maximum atomic E-state index is 14.2. The van der Waals surface area contributed by atoms with Crippen molar-refractivity contribution >= 4 is 11.8 Å². The van der Waals surface area contributed by atoms with E-state index in [0.717, 1.165) is 37.9 Å². The molecule has 2 amide bonds. The monoisotopic (exact) mass is 496 g/mol. The van der Waals surface area contributed by atoms with Crippen molar-refractivity contribution in [2.75, 3.05) is 39.4 Å². The summed E-state index contributed by atoms with van der Waals surface area (Å²) in [6, 6.07) is 14.4. The lowest BCUT2D eigenvalue weighted by atomic mass is 9.90. The van der Waals surface area contributed by atoms with E-state index in [1.54, 1.807) is 23.1 Å². The van der Waals surface area contributed by atoms with Crippen LogP contribution in [0.2, 0.25) is 0 Å². The van der Waals surface area contributed by atoms with E-state index in [4.69, 9.17) is 9.47 Å². The molecule has 7 heteroatoms. The molecule has 1 fully saturated rings. The summed E-state index contributed by atoms with van der Waals surface area (Å²) in [5.74, 6) is 0.243. The molecule has 0 radical (unpaired) electrons. The number of morpholine rings is 1. The first-order chi connectivity index (χ1) is 17.5. The summed E-state index contributed by atoms with van der Waals surface area (Å²) in [7, 11) is 0. The normalized spacial score (nSPS) is 21.3. The van der Waals surface area contributed by atoms with Gasteiger partial charge in [0.15, 0.2) is 5.60 Å². The number of ether oxygens (including phenoxy) is 2. The molecule has 0 N–H and O–H groups in total. The molecule has 1 spiro atoms. The zero-order valence-corrected chi connectivity index (χ0v) is 21.2. The van der Waals surface area contributed by atoms with Gasteiger partial charge in [0.2, 0.25) is 5.91 Å². The molecule has 2 aliphatic heterocycles. The number of halogens is 1. The van der Waals surface area contributed by atoms with Gasteiger partial charge >= 0.3 is 0 Å². The predicted molar refractivity (Wildman–Crippen MR) is 136 cm³/mol. The van der Waals surface area contributed by atoms with Crippen LogP contribution in [0.15, 0.2) is 48.5 Å². The Bertz CT molecular complexity index is 1050. The number of para-hydroxylation sites is 1. The zero-order valence-electron chi connectivity index (χ0n) is 21.2. The number of rotatable bonds is 5. The molecular formula is C29H37FN2O4. The molecule has 6 nitrogen and oxygen atoms in total. The molecule has 36 heavy (non-hydrogen) atoms. The molecule has 0 saturated carbocycles. The van der Waals surface area contributed by atoms with Crippen LogP contribution < -0.4 is 4.74 Å². The third kappa shape index (κ3) is 6.25. The maximum absolute atomic E-state index is 14.2. The number of fused-ring (bicyclic) bond motifs is 1. The van der Waals surface area contributed by atoms with Crippen LogP contribution in [0.25, 0.3) is 0 Å². The highest BCUT2D eigenvalue weighted by molar-refractivity contribution is 5.87. The molecule has 2 aliphatic rings. The Morgan fingerprint density at radius 1 is 1.06 bits per heavy atom. The maximum Gasteiger partial charge on any atom is 0.256 e. The van der Waals surface area contributed by atoms with Crippen molar-refractivity contribution < 1.29 is 23.5 Å². The molecule has 4 rings (SSSR count). The third-order valence-corrected chi connectivity index (χ3v) is 7.16. The van der Waals surface area contributed by atoms with E-state index in [0.29, 0.717) is 38.2 Å². The minimum Gasteiger partial charge on any atom is -0.491 e. The number of benzene rings is 2. The minimum absolute atomic E-state index is 0.0267. The van der Waals surface area contributed by atoms with Gasteiger partial charge in [-0.3, -0.25) is 9.59 Å². The number of amides is 2. The van der Waals surface area contributed by atoms with Gasteiger partial charge in [-0.25, -0.2) is 4.39 Å². The molecule has 0 aromatic heterocycles. The van der Waals surface area contributed by atoms with Crippen LogP contribution in [0.5, 0.6) is 5.75 Å². The van der Waals surface area contributed by atoms with Crippen molar-refractivity contribution in [1.82, 2.24) is 9.80 Å². The van der Waals surface area contributed by atoms with Gasteiger partial charge < -0.3 is 19.3 Å². The Kier molecular flexibility index (Phi) is 8.97. The van der Waals surface area contributed by atoms with E-state index in [-0.39, 0.29) is 37.2 Å². The highest BCUT2D eigenvalue weighted by atomic mass is 19.1. The second-order valence-electron chi connectivity index (χ2n) is 9.74. The summed E-state index contributed by atoms with van der Waals surface area (Å²) in [6.07, 6.45) is 4.90. The van der Waals surface area contributed by atoms with E-state index in [1.807, 2.05) is 23.1 Å². The summed E-state index contributed by atoms with van der Waals surface area (Å²) in [5, 5.41) is 0. The van der Waals surface area contributed by atoms with Gasteiger partial charge in [-0.2, -0.15) is 0 Å². The molecular weight excluding hydrogens is 459 g/mol. The number of nitrogens with zero attached hydrogens (tertiary/aromatic N) is 2. The third-order valence-electron chi connectivity index (χ3n) is 7.16. The van der Waals surface area contributed by atoms with Gasteiger partial charge in [0, 0.05) is 13.1 Å². The Labute approximate surface area is 213 Å². The SMILES string of the molecule is CCCCN1CCOc2ccccc2CCCCC2(CN(C(=O)Cc3ccccc3F)CCO2)C1=O. The van der Waals surface area contributed by atoms with Crippen molar-refractivity contribution in [1.29, 1.82) is 0 Å². The standard InChI is InChI=1S/C29H37FN2O4/c1-2-3-16-31-17-19-35-26-14-7-5-10-23(26)11-8-9-15-29(28(31)34)22-32(18-20-36-29)27(33)21-24-12-4-6-13-25(24)30/h4-7,10,12-14H,2-3,8-9,11,15-22H2,1H3. The average molecular weight is 497 g/mol. The van der Waals surface area contributed by atoms with Gasteiger partial charge in [0.1, 0.15) is 18.2 Å². The Hall–Kier alpha value is -2.93. The van der Waals surface area contributed by atoms with E-state index in [1.165, 1.54) is 11.6 Å². The van der Waals surface area contributed by atoms with Crippen LogP contribution in [-0.4, -0.2) is 66.6 Å². The van der Waals surface area contributed by atoms with Gasteiger partial charge in [-0.1, -0.05) is 49.7 Å². The lowest BCUT2D eigenvalue weighted by Gasteiger charge is -2.44. The van der Waals surface area contributed by atoms with Crippen LogP contribution >= 0.6 is 0 Å². The van der Waals surface area contributed by atoms with Crippen LogP contribution in [-0.2, 0) is 27.2 Å². The first kappa shape index (κ1) is 26.1. The van der Waals surface area contributed by atoms with Crippen molar-refractivity contribution in [3.8, 4) is 5.75 Å². The Balaban J connectivity index is 1.55. The van der Waals surface area contributed by atoms with Gasteiger partial charge in [0.25, 0.3) is 5.91 Å². The Morgan fingerprint density at radius 3 is 2.69 bits per heavy atom. The largest absolute Gasteiger partial charge is 0.491 e. The van der Waals surface area contributed by atoms with Crippen LogP contribution in [0, 0.1) is 5.82 Å². The molecule has 1 atom stereocenters. The van der Waals surface area contributed by atoms with Crippen molar-refractivity contribution in [3.63, 3.8) is 0 Å². The van der Waals surface area contributed by atoms with Crippen molar-refractivity contribution in [3.05, 3.63) is 65.5 Å². The van der Waals surface area contributed by atoms with Gasteiger partial charge in [-0.15, -0.1) is 0 Å².